The fraction of sp³-hybridized carbons (Fsp3) is 0.487. The van der Waals surface area contributed by atoms with Gasteiger partial charge < -0.3 is 29.0 Å². The molecule has 6 bridgehead atoms. The van der Waals surface area contributed by atoms with E-state index in [2.05, 4.69) is 42.2 Å². The largest absolute Gasteiger partial charge is 0.488 e. The molecular formula is C39H48ClN3O6. The summed E-state index contributed by atoms with van der Waals surface area (Å²) in [4.78, 5) is 20.4. The zero-order chi connectivity index (χ0) is 35.2. The van der Waals surface area contributed by atoms with E-state index in [4.69, 9.17) is 35.5 Å². The molecule has 10 heteroatoms. The first-order valence-corrected chi connectivity index (χ1v) is 17.5. The van der Waals surface area contributed by atoms with Crippen molar-refractivity contribution in [3.63, 3.8) is 0 Å². The highest BCUT2D eigenvalue weighted by molar-refractivity contribution is 6.32. The summed E-state index contributed by atoms with van der Waals surface area (Å²) in [5.74, 6) is 0.409. The van der Waals surface area contributed by atoms with Gasteiger partial charge in [0.2, 0.25) is 0 Å². The van der Waals surface area contributed by atoms with E-state index >= 15 is 0 Å². The summed E-state index contributed by atoms with van der Waals surface area (Å²) in [5.41, 5.74) is 6.32. The molecule has 3 aliphatic rings. The molecule has 0 spiro atoms. The lowest BCUT2D eigenvalue weighted by Gasteiger charge is -2.42. The number of benzene rings is 2. The lowest BCUT2D eigenvalue weighted by Crippen LogP contribution is -2.46. The molecule has 0 amide bonds. The van der Waals surface area contributed by atoms with Crippen molar-refractivity contribution in [1.82, 2.24) is 9.38 Å². The van der Waals surface area contributed by atoms with E-state index in [9.17, 15) is 9.90 Å². The van der Waals surface area contributed by atoms with Crippen molar-refractivity contribution in [3.8, 4) is 28.1 Å². The van der Waals surface area contributed by atoms with Gasteiger partial charge in [-0.15, -0.1) is 0 Å². The number of carboxylic acids is 1. The third-order valence-corrected chi connectivity index (χ3v) is 9.95. The van der Waals surface area contributed by atoms with Crippen LogP contribution in [-0.4, -0.2) is 70.7 Å². The number of carbonyl (C=O) groups is 1. The number of hydrogen-bond acceptors (Lipinski definition) is 7. The van der Waals surface area contributed by atoms with Crippen LogP contribution in [0.4, 0.5) is 5.82 Å². The number of anilines is 1. The number of carboxylic acid groups (broad SMARTS) is 1. The number of ether oxygens (including phenoxy) is 4. The average molecular weight is 690 g/mol. The van der Waals surface area contributed by atoms with Gasteiger partial charge in [-0.25, -0.2) is 9.78 Å². The maximum atomic E-state index is 13.0. The molecule has 0 saturated carbocycles. The van der Waals surface area contributed by atoms with Crippen LogP contribution in [0.15, 0.2) is 42.5 Å². The number of rotatable bonds is 3. The molecule has 262 valence electrons. The van der Waals surface area contributed by atoms with Crippen molar-refractivity contribution in [3.05, 3.63) is 69.9 Å². The summed E-state index contributed by atoms with van der Waals surface area (Å²) in [7, 11) is 0. The quantitative estimate of drug-likeness (QED) is 0.215. The summed E-state index contributed by atoms with van der Waals surface area (Å²) >= 11 is 7.40. The number of aromatic nitrogens is 2. The van der Waals surface area contributed by atoms with Crippen molar-refractivity contribution in [1.29, 1.82) is 0 Å². The predicted molar refractivity (Wildman–Crippen MR) is 193 cm³/mol. The smallest absolute Gasteiger partial charge is 0.337 e. The second-order valence-electron chi connectivity index (χ2n) is 14.7. The van der Waals surface area contributed by atoms with Crippen LogP contribution in [0, 0.1) is 20.8 Å². The molecule has 5 heterocycles. The van der Waals surface area contributed by atoms with Crippen LogP contribution in [0.3, 0.4) is 0 Å². The Kier molecular flexibility index (Phi) is 9.76. The van der Waals surface area contributed by atoms with E-state index in [0.717, 1.165) is 52.0 Å². The van der Waals surface area contributed by atoms with Crippen molar-refractivity contribution in [2.75, 3.05) is 37.8 Å². The Labute approximate surface area is 294 Å². The summed E-state index contributed by atoms with van der Waals surface area (Å²) in [6.45, 7) is 18.3. The molecule has 0 unspecified atom stereocenters. The third kappa shape index (κ3) is 7.17. The van der Waals surface area contributed by atoms with Gasteiger partial charge in [0, 0.05) is 29.8 Å². The van der Waals surface area contributed by atoms with E-state index in [1.807, 2.05) is 65.0 Å². The summed E-state index contributed by atoms with van der Waals surface area (Å²) < 4.78 is 27.1. The molecule has 4 aromatic rings. The second-order valence-corrected chi connectivity index (χ2v) is 15.1. The predicted octanol–water partition coefficient (Wildman–Crippen LogP) is 8.36. The molecule has 3 aliphatic heterocycles. The highest BCUT2D eigenvalue weighted by Crippen LogP contribution is 2.44. The molecule has 1 fully saturated rings. The Morgan fingerprint density at radius 3 is 2.47 bits per heavy atom. The molecule has 2 aromatic heterocycles. The number of pyridine rings is 1. The van der Waals surface area contributed by atoms with E-state index in [1.165, 1.54) is 0 Å². The van der Waals surface area contributed by atoms with Gasteiger partial charge in [-0.3, -0.25) is 4.40 Å². The molecule has 7 rings (SSSR count). The highest BCUT2D eigenvalue weighted by Gasteiger charge is 2.38. The van der Waals surface area contributed by atoms with Crippen molar-refractivity contribution in [2.45, 2.75) is 91.6 Å². The fourth-order valence-corrected chi connectivity index (χ4v) is 7.19. The average Bonchev–Trinajstić information content (AvgIpc) is 3.38. The molecule has 0 radical (unpaired) electrons. The first-order valence-electron chi connectivity index (χ1n) is 17.1. The van der Waals surface area contributed by atoms with Gasteiger partial charge in [0.05, 0.1) is 31.0 Å². The SMILES string of the molecule is Cc1ccc2c(c1)O[C@@H](C)COCCOC1(C)CCN(CC1)c1c([C@H](OC(C)(C)C)C(=O)O)c(C)c(C)c3nc(c(Cl)n13)-c1cccc-2c1. The number of aryl methyl sites for hydroxylation is 2. The van der Waals surface area contributed by atoms with E-state index in [-0.39, 0.29) is 11.7 Å². The van der Waals surface area contributed by atoms with Crippen molar-refractivity contribution < 1.29 is 28.8 Å². The number of aliphatic carboxylic acids is 1. The third-order valence-electron chi connectivity index (χ3n) is 9.60. The minimum Gasteiger partial charge on any atom is -0.488 e. The molecular weight excluding hydrogens is 642 g/mol. The van der Waals surface area contributed by atoms with Crippen LogP contribution in [-0.2, 0) is 19.0 Å². The Bertz CT molecular complexity index is 1870. The van der Waals surface area contributed by atoms with Crippen LogP contribution in [0.2, 0.25) is 5.15 Å². The minimum atomic E-state index is -1.22. The lowest BCUT2D eigenvalue weighted by atomic mass is 9.92. The number of fused-ring (bicyclic) bond motifs is 8. The van der Waals surface area contributed by atoms with Crippen LogP contribution >= 0.6 is 11.6 Å². The molecule has 0 aliphatic carbocycles. The van der Waals surface area contributed by atoms with Gasteiger partial charge >= 0.3 is 5.97 Å². The summed E-state index contributed by atoms with van der Waals surface area (Å²) in [6.07, 6.45) is 0.0697. The number of piperidine rings is 1. The van der Waals surface area contributed by atoms with E-state index < -0.39 is 17.7 Å². The molecule has 1 N–H and O–H groups in total. The topological polar surface area (TPSA) is 94.8 Å². The maximum Gasteiger partial charge on any atom is 0.337 e. The number of nitrogens with zero attached hydrogens (tertiary/aromatic N) is 3. The van der Waals surface area contributed by atoms with Crippen LogP contribution in [0.5, 0.6) is 5.75 Å². The van der Waals surface area contributed by atoms with Gasteiger partial charge in [0.15, 0.2) is 6.10 Å². The van der Waals surface area contributed by atoms with Gasteiger partial charge in [-0.2, -0.15) is 0 Å². The Morgan fingerprint density at radius 2 is 1.78 bits per heavy atom. The highest BCUT2D eigenvalue weighted by atomic mass is 35.5. The van der Waals surface area contributed by atoms with Crippen LogP contribution in [0.1, 0.15) is 75.8 Å². The first-order chi connectivity index (χ1) is 23.2. The Balaban J connectivity index is 1.60. The normalized spacial score (nSPS) is 21.0. The number of hydrogen-bond donors (Lipinski definition) is 1. The fourth-order valence-electron chi connectivity index (χ4n) is 6.88. The van der Waals surface area contributed by atoms with Gasteiger partial charge in [0.25, 0.3) is 0 Å². The summed E-state index contributed by atoms with van der Waals surface area (Å²) in [6, 6.07) is 14.3. The Hall–Kier alpha value is -3.63. The molecule has 9 nitrogen and oxygen atoms in total. The van der Waals surface area contributed by atoms with E-state index in [1.54, 1.807) is 0 Å². The molecule has 1 saturated heterocycles. The van der Waals surface area contributed by atoms with Crippen molar-refractivity contribution in [2.24, 2.45) is 0 Å². The standard InChI is InChI=1S/C39H48ClN3O6/c1-23-12-13-29-27-10-9-11-28(21-27)32-34(40)43-35(41-32)26(4)25(3)31(33(37(44)45)49-38(5,6)7)36(43)42-16-14-39(8,15-17-42)47-19-18-46-22-24(2)48-30(29)20-23/h9-13,20-21,24,33H,14-19,22H2,1-8H3,(H,44,45)/t24-,33-/m0/s1. The zero-order valence-corrected chi connectivity index (χ0v) is 30.6. The first kappa shape index (κ1) is 35.2. The van der Waals surface area contributed by atoms with Crippen molar-refractivity contribution >= 4 is 29.0 Å². The van der Waals surface area contributed by atoms with Crippen LogP contribution < -0.4 is 9.64 Å². The van der Waals surface area contributed by atoms with Gasteiger partial charge in [0.1, 0.15) is 34.2 Å². The second kappa shape index (κ2) is 13.6. The monoisotopic (exact) mass is 689 g/mol. The zero-order valence-electron chi connectivity index (χ0n) is 29.9. The number of imidazole rings is 1. The lowest BCUT2D eigenvalue weighted by molar-refractivity contribution is -0.160. The van der Waals surface area contributed by atoms with Crippen LogP contribution in [0.25, 0.3) is 28.0 Å². The maximum absolute atomic E-state index is 13.0. The van der Waals surface area contributed by atoms with Gasteiger partial charge in [-0.1, -0.05) is 41.9 Å². The summed E-state index contributed by atoms with van der Waals surface area (Å²) in [5, 5.41) is 11.0. The minimum absolute atomic E-state index is 0.170. The Morgan fingerprint density at radius 1 is 1.06 bits per heavy atom. The molecule has 49 heavy (non-hydrogen) atoms. The number of halogens is 1. The van der Waals surface area contributed by atoms with Gasteiger partial charge in [-0.05, 0) is 103 Å². The molecule has 2 atom stereocenters. The van der Waals surface area contributed by atoms with E-state index in [0.29, 0.717) is 60.8 Å². The molecule has 2 aromatic carbocycles.